The number of hydrogen-bond acceptors (Lipinski definition) is 3. The van der Waals surface area contributed by atoms with E-state index in [1.54, 1.807) is 12.3 Å². The molecule has 138 valence electrons. The van der Waals surface area contributed by atoms with Crippen molar-refractivity contribution in [3.05, 3.63) is 58.9 Å². The van der Waals surface area contributed by atoms with E-state index in [9.17, 15) is 0 Å². The van der Waals surface area contributed by atoms with Crippen LogP contribution in [0.5, 0.6) is 5.75 Å². The second kappa shape index (κ2) is 9.43. The summed E-state index contributed by atoms with van der Waals surface area (Å²) in [5.41, 5.74) is 2.15. The van der Waals surface area contributed by atoms with Crippen LogP contribution in [0, 0.1) is 5.92 Å². The molecule has 0 unspecified atom stereocenters. The van der Waals surface area contributed by atoms with Crippen molar-refractivity contribution in [1.29, 1.82) is 0 Å². The van der Waals surface area contributed by atoms with E-state index >= 15 is 0 Å². The van der Waals surface area contributed by atoms with Crippen LogP contribution < -0.4 is 15.4 Å². The van der Waals surface area contributed by atoms with Gasteiger partial charge in [-0.2, -0.15) is 0 Å². The number of benzene rings is 1. The third-order valence-electron chi connectivity index (χ3n) is 4.14. The van der Waals surface area contributed by atoms with Crippen molar-refractivity contribution in [2.24, 2.45) is 10.9 Å². The van der Waals surface area contributed by atoms with Gasteiger partial charge in [0.05, 0.1) is 13.2 Å². The highest BCUT2D eigenvalue weighted by molar-refractivity contribution is 6.29. The third kappa shape index (κ3) is 5.92. The van der Waals surface area contributed by atoms with Crippen LogP contribution in [0.25, 0.3) is 0 Å². The number of aromatic nitrogens is 1. The van der Waals surface area contributed by atoms with Gasteiger partial charge in [0.1, 0.15) is 10.9 Å². The predicted octanol–water partition coefficient (Wildman–Crippen LogP) is 3.78. The summed E-state index contributed by atoms with van der Waals surface area (Å²) in [4.78, 5) is 8.70. The molecule has 0 saturated heterocycles. The van der Waals surface area contributed by atoms with Crippen LogP contribution in [0.15, 0.2) is 47.6 Å². The van der Waals surface area contributed by atoms with Crippen LogP contribution in [0.3, 0.4) is 0 Å². The Bertz CT molecular complexity index is 729. The minimum Gasteiger partial charge on any atom is -0.493 e. The number of halogens is 1. The van der Waals surface area contributed by atoms with Crippen LogP contribution in [-0.4, -0.2) is 24.1 Å². The van der Waals surface area contributed by atoms with E-state index < -0.39 is 0 Å². The molecule has 2 N–H and O–H groups in total. The lowest BCUT2D eigenvalue weighted by Crippen LogP contribution is -2.36. The minimum absolute atomic E-state index is 0.491. The van der Waals surface area contributed by atoms with Crippen LogP contribution >= 0.6 is 11.6 Å². The van der Waals surface area contributed by atoms with Crippen molar-refractivity contribution >= 4 is 17.6 Å². The number of hydrogen-bond donors (Lipinski definition) is 2. The SMILES string of the molecule is CCNC(=NCc1ccc(Cl)nc1)NCc1ccccc1OCC1CC1. The Kier molecular flexibility index (Phi) is 6.72. The zero-order valence-corrected chi connectivity index (χ0v) is 15.8. The van der Waals surface area contributed by atoms with Crippen molar-refractivity contribution in [2.45, 2.75) is 32.9 Å². The average molecular weight is 373 g/mol. The fourth-order valence-electron chi connectivity index (χ4n) is 2.47. The second-order valence-corrected chi connectivity index (χ2v) is 6.79. The normalized spacial score (nSPS) is 14.2. The molecule has 1 aromatic carbocycles. The molecule has 0 aliphatic heterocycles. The molecule has 0 spiro atoms. The first-order chi connectivity index (χ1) is 12.7. The maximum absolute atomic E-state index is 5.97. The molecule has 0 bridgehead atoms. The van der Waals surface area contributed by atoms with Gasteiger partial charge in [-0.15, -0.1) is 0 Å². The van der Waals surface area contributed by atoms with Gasteiger partial charge >= 0.3 is 0 Å². The lowest BCUT2D eigenvalue weighted by molar-refractivity contribution is 0.296. The van der Waals surface area contributed by atoms with E-state index in [4.69, 9.17) is 16.3 Å². The molecule has 0 radical (unpaired) electrons. The van der Waals surface area contributed by atoms with E-state index in [1.807, 2.05) is 31.2 Å². The molecule has 1 aromatic heterocycles. The van der Waals surface area contributed by atoms with Gasteiger partial charge in [-0.05, 0) is 43.4 Å². The first-order valence-corrected chi connectivity index (χ1v) is 9.45. The average Bonchev–Trinajstić information content (AvgIpc) is 3.49. The van der Waals surface area contributed by atoms with E-state index in [0.29, 0.717) is 18.2 Å². The summed E-state index contributed by atoms with van der Waals surface area (Å²) in [5, 5.41) is 7.13. The third-order valence-corrected chi connectivity index (χ3v) is 4.37. The Morgan fingerprint density at radius 1 is 1.23 bits per heavy atom. The highest BCUT2D eigenvalue weighted by Gasteiger charge is 2.22. The molecule has 1 fully saturated rings. The predicted molar refractivity (Wildman–Crippen MR) is 106 cm³/mol. The van der Waals surface area contributed by atoms with Crippen LogP contribution in [0.4, 0.5) is 0 Å². The first kappa shape index (κ1) is 18.5. The Balaban J connectivity index is 1.59. The minimum atomic E-state index is 0.491. The molecule has 0 amide bonds. The monoisotopic (exact) mass is 372 g/mol. The van der Waals surface area contributed by atoms with Crippen molar-refractivity contribution in [1.82, 2.24) is 15.6 Å². The number of pyridine rings is 1. The van der Waals surface area contributed by atoms with E-state index in [1.165, 1.54) is 12.8 Å². The van der Waals surface area contributed by atoms with Gasteiger partial charge < -0.3 is 15.4 Å². The smallest absolute Gasteiger partial charge is 0.191 e. The molecule has 1 heterocycles. The Labute approximate surface area is 159 Å². The summed E-state index contributed by atoms with van der Waals surface area (Å²) >= 11 is 5.82. The summed E-state index contributed by atoms with van der Waals surface area (Å²) in [6, 6.07) is 11.9. The number of nitrogens with zero attached hydrogens (tertiary/aromatic N) is 2. The van der Waals surface area contributed by atoms with Gasteiger partial charge in [-0.25, -0.2) is 9.98 Å². The zero-order chi connectivity index (χ0) is 18.2. The van der Waals surface area contributed by atoms with Crippen molar-refractivity contribution in [3.63, 3.8) is 0 Å². The lowest BCUT2D eigenvalue weighted by atomic mass is 10.2. The molecular formula is C20H25ClN4O. The fourth-order valence-corrected chi connectivity index (χ4v) is 2.59. The molecule has 0 atom stereocenters. The van der Waals surface area contributed by atoms with Gasteiger partial charge in [0.2, 0.25) is 0 Å². The Morgan fingerprint density at radius 2 is 2.08 bits per heavy atom. The van der Waals surface area contributed by atoms with Crippen LogP contribution in [0.1, 0.15) is 30.9 Å². The second-order valence-electron chi connectivity index (χ2n) is 6.40. The maximum Gasteiger partial charge on any atom is 0.191 e. The van der Waals surface area contributed by atoms with Gasteiger partial charge in [-0.1, -0.05) is 35.9 Å². The van der Waals surface area contributed by atoms with Crippen LogP contribution in [-0.2, 0) is 13.1 Å². The Hall–Kier alpha value is -2.27. The first-order valence-electron chi connectivity index (χ1n) is 9.08. The van der Waals surface area contributed by atoms with Gasteiger partial charge in [-0.3, -0.25) is 0 Å². The number of nitrogens with one attached hydrogen (secondary N) is 2. The maximum atomic E-state index is 5.97. The lowest BCUT2D eigenvalue weighted by Gasteiger charge is -2.14. The number of aliphatic imine (C=N–C) groups is 1. The van der Waals surface area contributed by atoms with E-state index in [0.717, 1.165) is 41.9 Å². The number of rotatable bonds is 8. The van der Waals surface area contributed by atoms with Crippen LogP contribution in [0.2, 0.25) is 5.15 Å². The molecule has 1 aliphatic carbocycles. The molecule has 3 rings (SSSR count). The van der Waals surface area contributed by atoms with Gasteiger partial charge in [0.15, 0.2) is 5.96 Å². The zero-order valence-electron chi connectivity index (χ0n) is 15.0. The molecule has 2 aromatic rings. The summed E-state index contributed by atoms with van der Waals surface area (Å²) in [6.07, 6.45) is 4.32. The summed E-state index contributed by atoms with van der Waals surface area (Å²) in [5.74, 6) is 2.45. The van der Waals surface area contributed by atoms with Crippen molar-refractivity contribution in [3.8, 4) is 5.75 Å². The summed E-state index contributed by atoms with van der Waals surface area (Å²) in [6.45, 7) is 4.86. The van der Waals surface area contributed by atoms with Crippen molar-refractivity contribution < 1.29 is 4.74 Å². The molecule has 1 aliphatic rings. The molecule has 26 heavy (non-hydrogen) atoms. The topological polar surface area (TPSA) is 58.5 Å². The fraction of sp³-hybridized carbons (Fsp3) is 0.400. The number of guanidine groups is 1. The van der Waals surface area contributed by atoms with E-state index in [-0.39, 0.29) is 0 Å². The summed E-state index contributed by atoms with van der Waals surface area (Å²) < 4.78 is 5.97. The van der Waals surface area contributed by atoms with Crippen molar-refractivity contribution in [2.75, 3.05) is 13.2 Å². The molecule has 1 saturated carbocycles. The number of para-hydroxylation sites is 1. The van der Waals surface area contributed by atoms with Gasteiger partial charge in [0.25, 0.3) is 0 Å². The molecule has 5 nitrogen and oxygen atoms in total. The quantitative estimate of drug-likeness (QED) is 0.420. The van der Waals surface area contributed by atoms with E-state index in [2.05, 4.69) is 26.7 Å². The highest BCUT2D eigenvalue weighted by atomic mass is 35.5. The highest BCUT2D eigenvalue weighted by Crippen LogP contribution is 2.30. The standard InChI is InChI=1S/C20H25ClN4O/c1-2-22-20(24-12-16-9-10-19(21)23-11-16)25-13-17-5-3-4-6-18(17)26-14-15-7-8-15/h3-6,9-11,15H,2,7-8,12-14H2,1H3,(H2,22,24,25). The largest absolute Gasteiger partial charge is 0.493 e. The molecule has 6 heteroatoms. The van der Waals surface area contributed by atoms with Gasteiger partial charge in [0, 0.05) is 24.8 Å². The Morgan fingerprint density at radius 3 is 2.81 bits per heavy atom. The number of ether oxygens (including phenoxy) is 1. The molecular weight excluding hydrogens is 348 g/mol. The summed E-state index contributed by atoms with van der Waals surface area (Å²) in [7, 11) is 0.